The molecule has 3 rings (SSSR count). The Kier molecular flexibility index (Phi) is 3.48. The number of aryl methyl sites for hydroxylation is 1. The zero-order valence-electron chi connectivity index (χ0n) is 11.5. The van der Waals surface area contributed by atoms with E-state index in [1.807, 2.05) is 0 Å². The lowest BCUT2D eigenvalue weighted by molar-refractivity contribution is 0.0893. The number of hydrogen-bond donors (Lipinski definition) is 0. The van der Waals surface area contributed by atoms with Crippen molar-refractivity contribution in [3.63, 3.8) is 0 Å². The number of carbonyl (C=O) groups excluding carboxylic acids is 2. The summed E-state index contributed by atoms with van der Waals surface area (Å²) in [5, 5.41) is 0. The molecule has 1 aliphatic rings. The van der Waals surface area contributed by atoms with Crippen molar-refractivity contribution in [3.8, 4) is 11.5 Å². The zero-order chi connectivity index (χ0) is 14.8. The molecule has 0 saturated carbocycles. The summed E-state index contributed by atoms with van der Waals surface area (Å²) in [7, 11) is 0. The molecule has 0 amide bonds. The van der Waals surface area contributed by atoms with Gasteiger partial charge in [-0.15, -0.1) is 0 Å². The van der Waals surface area contributed by atoms with Crippen LogP contribution < -0.4 is 9.47 Å². The molecule has 0 N–H and O–H groups in total. The van der Waals surface area contributed by atoms with Crippen LogP contribution in [0.4, 0.5) is 0 Å². The Morgan fingerprint density at radius 2 is 1.81 bits per heavy atom. The van der Waals surface area contributed by atoms with E-state index in [0.717, 1.165) is 0 Å². The molecular weight excluding hydrogens is 272 g/mol. The van der Waals surface area contributed by atoms with Crippen molar-refractivity contribution in [1.82, 2.24) is 0 Å². The van der Waals surface area contributed by atoms with Crippen molar-refractivity contribution in [1.29, 1.82) is 0 Å². The van der Waals surface area contributed by atoms with E-state index >= 15 is 0 Å². The summed E-state index contributed by atoms with van der Waals surface area (Å²) in [6.07, 6.45) is 1.25. The second-order valence-electron chi connectivity index (χ2n) is 4.77. The molecule has 0 radical (unpaired) electrons. The third kappa shape index (κ3) is 2.67. The summed E-state index contributed by atoms with van der Waals surface area (Å²) in [6.45, 7) is 2.65. The normalized spacial score (nSPS) is 13.0. The highest BCUT2D eigenvalue weighted by molar-refractivity contribution is 6.14. The molecule has 0 fully saturated rings. The van der Waals surface area contributed by atoms with Crippen LogP contribution >= 0.6 is 0 Å². The number of ether oxygens (including phenoxy) is 2. The van der Waals surface area contributed by atoms with Gasteiger partial charge in [0.05, 0.1) is 18.2 Å². The fourth-order valence-corrected chi connectivity index (χ4v) is 2.23. The molecule has 1 aromatic carbocycles. The summed E-state index contributed by atoms with van der Waals surface area (Å²) in [5.41, 5.74) is 0.884. The Hall–Kier alpha value is -2.56. The molecule has 0 saturated heterocycles. The van der Waals surface area contributed by atoms with Gasteiger partial charge in [0, 0.05) is 5.56 Å². The largest absolute Gasteiger partial charge is 0.486 e. The number of fused-ring (bicyclic) bond motifs is 1. The molecule has 0 atom stereocenters. The molecule has 108 valence electrons. The average molecular weight is 286 g/mol. The minimum Gasteiger partial charge on any atom is -0.486 e. The molecule has 0 unspecified atom stereocenters. The van der Waals surface area contributed by atoms with Crippen LogP contribution in [0.3, 0.4) is 0 Å². The fourth-order valence-electron chi connectivity index (χ4n) is 2.23. The Labute approximate surface area is 121 Å². The smallest absolute Gasteiger partial charge is 0.174 e. The number of rotatable bonds is 4. The summed E-state index contributed by atoms with van der Waals surface area (Å²) < 4.78 is 15.9. The van der Waals surface area contributed by atoms with E-state index in [-0.39, 0.29) is 18.0 Å². The van der Waals surface area contributed by atoms with E-state index in [0.29, 0.717) is 41.6 Å². The lowest BCUT2D eigenvalue weighted by Crippen LogP contribution is -2.16. The topological polar surface area (TPSA) is 65.7 Å². The molecule has 0 aliphatic carbocycles. The molecule has 0 bridgehead atoms. The predicted molar refractivity (Wildman–Crippen MR) is 74.2 cm³/mol. The first-order valence-corrected chi connectivity index (χ1v) is 6.65. The Morgan fingerprint density at radius 1 is 1.05 bits per heavy atom. The SMILES string of the molecule is Cc1occc1C(=O)CC(=O)c1ccc2c(c1)OCCO2. The van der Waals surface area contributed by atoms with E-state index in [4.69, 9.17) is 13.9 Å². The minimum absolute atomic E-state index is 0.194. The van der Waals surface area contributed by atoms with E-state index in [2.05, 4.69) is 0 Å². The summed E-state index contributed by atoms with van der Waals surface area (Å²) in [5.74, 6) is 1.18. The Bertz CT molecular complexity index is 698. The van der Waals surface area contributed by atoms with Gasteiger partial charge in [-0.05, 0) is 31.2 Å². The molecule has 21 heavy (non-hydrogen) atoms. The maximum atomic E-state index is 12.2. The second-order valence-corrected chi connectivity index (χ2v) is 4.77. The number of carbonyl (C=O) groups is 2. The molecular formula is C16H14O5. The minimum atomic E-state index is -0.252. The third-order valence-electron chi connectivity index (χ3n) is 3.34. The number of hydrogen-bond acceptors (Lipinski definition) is 5. The standard InChI is InChI=1S/C16H14O5/c1-10-12(4-5-19-10)14(18)9-13(17)11-2-3-15-16(8-11)21-7-6-20-15/h2-5,8H,6-7,9H2,1H3. The first kappa shape index (κ1) is 13.4. The third-order valence-corrected chi connectivity index (χ3v) is 3.34. The van der Waals surface area contributed by atoms with Gasteiger partial charge in [0.25, 0.3) is 0 Å². The van der Waals surface area contributed by atoms with Crippen molar-refractivity contribution in [2.45, 2.75) is 13.3 Å². The molecule has 5 heteroatoms. The highest BCUT2D eigenvalue weighted by atomic mass is 16.6. The summed E-state index contributed by atoms with van der Waals surface area (Å²) in [4.78, 5) is 24.3. The van der Waals surface area contributed by atoms with Crippen molar-refractivity contribution >= 4 is 11.6 Å². The van der Waals surface area contributed by atoms with Crippen LogP contribution in [0, 0.1) is 6.92 Å². The maximum absolute atomic E-state index is 12.2. The molecule has 5 nitrogen and oxygen atoms in total. The second kappa shape index (κ2) is 5.44. The number of Topliss-reactive ketones (excluding diaryl/α,β-unsaturated/α-hetero) is 2. The highest BCUT2D eigenvalue weighted by Crippen LogP contribution is 2.31. The quantitative estimate of drug-likeness (QED) is 0.638. The first-order valence-electron chi connectivity index (χ1n) is 6.65. The van der Waals surface area contributed by atoms with Gasteiger partial charge in [-0.2, -0.15) is 0 Å². The van der Waals surface area contributed by atoms with Gasteiger partial charge >= 0.3 is 0 Å². The predicted octanol–water partition coefficient (Wildman–Crippen LogP) is 2.81. The molecule has 1 aliphatic heterocycles. The molecule has 1 aromatic heterocycles. The van der Waals surface area contributed by atoms with Crippen molar-refractivity contribution in [3.05, 3.63) is 47.4 Å². The van der Waals surface area contributed by atoms with Crippen molar-refractivity contribution in [2.24, 2.45) is 0 Å². The van der Waals surface area contributed by atoms with Crippen LogP contribution in [0.2, 0.25) is 0 Å². The molecule has 2 aromatic rings. The average Bonchev–Trinajstić information content (AvgIpc) is 2.93. The van der Waals surface area contributed by atoms with E-state index in [1.54, 1.807) is 31.2 Å². The van der Waals surface area contributed by atoms with Crippen LogP contribution in [0.5, 0.6) is 11.5 Å². The molecule has 2 heterocycles. The van der Waals surface area contributed by atoms with Crippen LogP contribution in [-0.4, -0.2) is 24.8 Å². The van der Waals surface area contributed by atoms with Crippen molar-refractivity contribution in [2.75, 3.05) is 13.2 Å². The number of benzene rings is 1. The molecule has 0 spiro atoms. The van der Waals surface area contributed by atoms with Gasteiger partial charge in [-0.25, -0.2) is 0 Å². The van der Waals surface area contributed by atoms with Gasteiger partial charge in [-0.1, -0.05) is 0 Å². The van der Waals surface area contributed by atoms with Gasteiger partial charge in [-0.3, -0.25) is 9.59 Å². The van der Waals surface area contributed by atoms with Gasteiger partial charge < -0.3 is 13.9 Å². The van der Waals surface area contributed by atoms with Gasteiger partial charge in [0.15, 0.2) is 23.1 Å². The van der Waals surface area contributed by atoms with E-state index in [9.17, 15) is 9.59 Å². The monoisotopic (exact) mass is 286 g/mol. The van der Waals surface area contributed by atoms with Crippen LogP contribution in [0.25, 0.3) is 0 Å². The number of ketones is 2. The zero-order valence-corrected chi connectivity index (χ0v) is 11.5. The van der Waals surface area contributed by atoms with Gasteiger partial charge in [0.1, 0.15) is 19.0 Å². The van der Waals surface area contributed by atoms with E-state index in [1.165, 1.54) is 6.26 Å². The van der Waals surface area contributed by atoms with Crippen molar-refractivity contribution < 1.29 is 23.5 Å². The van der Waals surface area contributed by atoms with Crippen LogP contribution in [0.1, 0.15) is 32.9 Å². The van der Waals surface area contributed by atoms with Gasteiger partial charge in [0.2, 0.25) is 0 Å². The Morgan fingerprint density at radius 3 is 2.52 bits per heavy atom. The lowest BCUT2D eigenvalue weighted by Gasteiger charge is -2.18. The van der Waals surface area contributed by atoms with Crippen LogP contribution in [-0.2, 0) is 0 Å². The number of furan rings is 1. The maximum Gasteiger partial charge on any atom is 0.174 e. The van der Waals surface area contributed by atoms with E-state index < -0.39 is 0 Å². The fraction of sp³-hybridized carbons (Fsp3) is 0.250. The van der Waals surface area contributed by atoms with Crippen LogP contribution in [0.15, 0.2) is 34.9 Å². The Balaban J connectivity index is 1.76. The first-order chi connectivity index (χ1) is 10.1. The summed E-state index contributed by atoms with van der Waals surface area (Å²) in [6, 6.07) is 6.53. The lowest BCUT2D eigenvalue weighted by atomic mass is 10.0. The highest BCUT2D eigenvalue weighted by Gasteiger charge is 2.19. The summed E-state index contributed by atoms with van der Waals surface area (Å²) >= 11 is 0.